The van der Waals surface area contributed by atoms with Crippen molar-refractivity contribution in [1.82, 2.24) is 16.0 Å². The molecule has 0 bridgehead atoms. The van der Waals surface area contributed by atoms with Gasteiger partial charge in [-0.05, 0) is 34.1 Å². The fraction of sp³-hybridized carbons (Fsp3) is 0.846. The van der Waals surface area contributed by atoms with Crippen LogP contribution < -0.4 is 16.0 Å². The second-order valence-corrected chi connectivity index (χ2v) is 4.69. The van der Waals surface area contributed by atoms with Gasteiger partial charge in [-0.2, -0.15) is 0 Å². The van der Waals surface area contributed by atoms with Crippen molar-refractivity contribution in [3.05, 3.63) is 0 Å². The van der Waals surface area contributed by atoms with Crippen LogP contribution in [0.3, 0.4) is 0 Å². The van der Waals surface area contributed by atoms with E-state index in [1.165, 1.54) is 0 Å². The van der Waals surface area contributed by atoms with Crippen molar-refractivity contribution in [1.29, 1.82) is 0 Å². The molecule has 0 heterocycles. The maximum Gasteiger partial charge on any atom is 0.222 e. The van der Waals surface area contributed by atoms with Crippen LogP contribution in [-0.2, 0) is 4.79 Å². The smallest absolute Gasteiger partial charge is 0.222 e. The number of aliphatic imine (C=N–C) groups is 1. The summed E-state index contributed by atoms with van der Waals surface area (Å²) in [5, 5.41) is 9.31. The molecule has 0 aromatic rings. The Bertz CT molecular complexity index is 269. The lowest BCUT2D eigenvalue weighted by molar-refractivity contribution is -0.121. The third kappa shape index (κ3) is 12.3. The monoisotopic (exact) mass is 384 g/mol. The van der Waals surface area contributed by atoms with Gasteiger partial charge >= 0.3 is 0 Å². The Hall–Kier alpha value is -0.530. The largest absolute Gasteiger partial charge is 0.357 e. The van der Waals surface area contributed by atoms with Crippen LogP contribution in [0.4, 0.5) is 0 Å². The van der Waals surface area contributed by atoms with Gasteiger partial charge in [-0.15, -0.1) is 24.0 Å². The summed E-state index contributed by atoms with van der Waals surface area (Å²) in [4.78, 5) is 15.8. The minimum absolute atomic E-state index is 0. The van der Waals surface area contributed by atoms with E-state index in [0.717, 1.165) is 18.9 Å². The van der Waals surface area contributed by atoms with Gasteiger partial charge in [-0.1, -0.05) is 6.92 Å². The maximum atomic E-state index is 11.5. The average molecular weight is 384 g/mol. The molecule has 19 heavy (non-hydrogen) atoms. The summed E-state index contributed by atoms with van der Waals surface area (Å²) >= 11 is 0. The van der Waals surface area contributed by atoms with E-state index < -0.39 is 0 Å². The lowest BCUT2D eigenvalue weighted by atomic mass is 10.3. The molecule has 0 fully saturated rings. The number of hydrogen-bond acceptors (Lipinski definition) is 2. The van der Waals surface area contributed by atoms with E-state index in [0.29, 0.717) is 19.0 Å². The summed E-state index contributed by atoms with van der Waals surface area (Å²) in [6.45, 7) is 11.5. The van der Waals surface area contributed by atoms with Crippen LogP contribution in [0.25, 0.3) is 0 Å². The van der Waals surface area contributed by atoms with E-state index in [-0.39, 0.29) is 35.9 Å². The number of amides is 1. The Balaban J connectivity index is 0. The van der Waals surface area contributed by atoms with E-state index in [1.54, 1.807) is 0 Å². The van der Waals surface area contributed by atoms with Crippen molar-refractivity contribution < 1.29 is 4.79 Å². The highest BCUT2D eigenvalue weighted by Crippen LogP contribution is 1.89. The number of nitrogens with one attached hydrogen (secondary N) is 3. The minimum Gasteiger partial charge on any atom is -0.357 e. The van der Waals surface area contributed by atoms with Gasteiger partial charge in [0, 0.05) is 25.0 Å². The van der Waals surface area contributed by atoms with E-state index in [2.05, 4.69) is 34.8 Å². The molecule has 3 N–H and O–H groups in total. The average Bonchev–Trinajstić information content (AvgIpc) is 2.28. The van der Waals surface area contributed by atoms with Gasteiger partial charge in [0.15, 0.2) is 5.96 Å². The summed E-state index contributed by atoms with van der Waals surface area (Å²) in [7, 11) is 0. The van der Waals surface area contributed by atoms with E-state index in [4.69, 9.17) is 0 Å². The standard InChI is InChI=1S/C13H28N4O.HI/c1-6-11(5)17-13(14-7-2)15-9-8-12(18)16-10(3)4;/h10-11H,6-9H2,1-5H3,(H,16,18)(H2,14,15,17);1H. The second-order valence-electron chi connectivity index (χ2n) is 4.69. The van der Waals surface area contributed by atoms with Crippen molar-refractivity contribution >= 4 is 35.8 Å². The van der Waals surface area contributed by atoms with Crippen LogP contribution >= 0.6 is 24.0 Å². The Morgan fingerprint density at radius 3 is 2.26 bits per heavy atom. The highest BCUT2D eigenvalue weighted by Gasteiger charge is 2.04. The molecule has 0 aliphatic heterocycles. The van der Waals surface area contributed by atoms with Gasteiger partial charge in [0.25, 0.3) is 0 Å². The van der Waals surface area contributed by atoms with Gasteiger partial charge < -0.3 is 16.0 Å². The van der Waals surface area contributed by atoms with Crippen molar-refractivity contribution in [2.24, 2.45) is 4.99 Å². The molecule has 0 aliphatic carbocycles. The molecule has 0 aliphatic rings. The van der Waals surface area contributed by atoms with Crippen LogP contribution in [0.5, 0.6) is 0 Å². The molecular formula is C13H29IN4O. The van der Waals surface area contributed by atoms with Gasteiger partial charge in [-0.3, -0.25) is 9.79 Å². The first-order valence-corrected chi connectivity index (χ1v) is 6.83. The maximum absolute atomic E-state index is 11.5. The fourth-order valence-electron chi connectivity index (χ4n) is 1.32. The lowest BCUT2D eigenvalue weighted by Crippen LogP contribution is -2.42. The first-order chi connectivity index (χ1) is 8.49. The van der Waals surface area contributed by atoms with Gasteiger partial charge in [0.05, 0.1) is 6.54 Å². The summed E-state index contributed by atoms with van der Waals surface area (Å²) < 4.78 is 0. The van der Waals surface area contributed by atoms with Crippen molar-refractivity contribution in [2.45, 2.75) is 59.5 Å². The van der Waals surface area contributed by atoms with Crippen molar-refractivity contribution in [3.8, 4) is 0 Å². The Kier molecular flexibility index (Phi) is 13.7. The van der Waals surface area contributed by atoms with E-state index in [1.807, 2.05) is 20.8 Å². The molecule has 0 rings (SSSR count). The molecule has 1 amide bonds. The molecule has 0 saturated heterocycles. The predicted molar refractivity (Wildman–Crippen MR) is 92.2 cm³/mol. The van der Waals surface area contributed by atoms with Gasteiger partial charge in [0.2, 0.25) is 5.91 Å². The highest BCUT2D eigenvalue weighted by atomic mass is 127. The third-order valence-electron chi connectivity index (χ3n) is 2.40. The molecule has 0 aromatic carbocycles. The topological polar surface area (TPSA) is 65.5 Å². The number of carbonyl (C=O) groups excluding carboxylic acids is 1. The number of nitrogens with zero attached hydrogens (tertiary/aromatic N) is 1. The summed E-state index contributed by atoms with van der Waals surface area (Å²) in [5.74, 6) is 0.831. The molecule has 1 atom stereocenters. The van der Waals surface area contributed by atoms with Crippen LogP contribution in [0.15, 0.2) is 4.99 Å². The number of guanidine groups is 1. The van der Waals surface area contributed by atoms with Crippen molar-refractivity contribution in [3.63, 3.8) is 0 Å². The first kappa shape index (κ1) is 20.8. The molecular weight excluding hydrogens is 355 g/mol. The van der Waals surface area contributed by atoms with Gasteiger partial charge in [-0.25, -0.2) is 0 Å². The quantitative estimate of drug-likeness (QED) is 0.357. The number of hydrogen-bond donors (Lipinski definition) is 3. The Morgan fingerprint density at radius 1 is 1.16 bits per heavy atom. The molecule has 5 nitrogen and oxygen atoms in total. The SMILES string of the molecule is CCNC(=NCCC(=O)NC(C)C)NC(C)CC.I. The summed E-state index contributed by atoms with van der Waals surface area (Å²) in [6, 6.07) is 0.570. The summed E-state index contributed by atoms with van der Waals surface area (Å²) in [5.41, 5.74) is 0. The van der Waals surface area contributed by atoms with Crippen LogP contribution in [0.2, 0.25) is 0 Å². The van der Waals surface area contributed by atoms with E-state index in [9.17, 15) is 4.79 Å². The zero-order valence-electron chi connectivity index (χ0n) is 12.7. The molecule has 0 radical (unpaired) electrons. The number of halogens is 1. The zero-order chi connectivity index (χ0) is 14.0. The molecule has 0 saturated carbocycles. The Labute approximate surface area is 134 Å². The highest BCUT2D eigenvalue weighted by molar-refractivity contribution is 14.0. The van der Waals surface area contributed by atoms with Gasteiger partial charge in [0.1, 0.15) is 0 Å². The third-order valence-corrected chi connectivity index (χ3v) is 2.40. The van der Waals surface area contributed by atoms with Crippen LogP contribution in [0.1, 0.15) is 47.5 Å². The molecule has 0 aromatic heterocycles. The van der Waals surface area contributed by atoms with Crippen LogP contribution in [0, 0.1) is 0 Å². The second kappa shape index (κ2) is 12.5. The predicted octanol–water partition coefficient (Wildman–Crippen LogP) is 1.87. The van der Waals surface area contributed by atoms with Crippen molar-refractivity contribution in [2.75, 3.05) is 13.1 Å². The first-order valence-electron chi connectivity index (χ1n) is 6.83. The minimum atomic E-state index is 0. The molecule has 0 spiro atoms. The normalized spacial score (nSPS) is 12.6. The fourth-order valence-corrected chi connectivity index (χ4v) is 1.32. The molecule has 114 valence electrons. The number of rotatable bonds is 7. The Morgan fingerprint density at radius 2 is 1.79 bits per heavy atom. The lowest BCUT2D eigenvalue weighted by Gasteiger charge is -2.16. The number of carbonyl (C=O) groups is 1. The van der Waals surface area contributed by atoms with Crippen LogP contribution in [-0.4, -0.2) is 37.0 Å². The van der Waals surface area contributed by atoms with E-state index >= 15 is 0 Å². The zero-order valence-corrected chi connectivity index (χ0v) is 15.1. The summed E-state index contributed by atoms with van der Waals surface area (Å²) in [6.07, 6.45) is 1.47. The molecule has 6 heteroatoms. The molecule has 1 unspecified atom stereocenters.